The Morgan fingerprint density at radius 2 is 1.97 bits per heavy atom. The Bertz CT molecular complexity index is 1110. The topological polar surface area (TPSA) is 80.1 Å². The van der Waals surface area contributed by atoms with E-state index in [4.69, 9.17) is 0 Å². The van der Waals surface area contributed by atoms with Crippen molar-refractivity contribution < 1.29 is 4.79 Å². The normalized spacial score (nSPS) is 16.6. The number of anilines is 1. The van der Waals surface area contributed by atoms with Gasteiger partial charge in [0.2, 0.25) is 5.91 Å². The lowest BCUT2D eigenvalue weighted by atomic mass is 9.97. The molecule has 1 saturated heterocycles. The molecule has 0 unspecified atom stereocenters. The fraction of sp³-hybridized carbons (Fsp3) is 0.391. The molecule has 2 aromatic heterocycles. The number of piperidine rings is 1. The van der Waals surface area contributed by atoms with E-state index in [2.05, 4.69) is 46.5 Å². The third-order valence-corrected chi connectivity index (χ3v) is 5.80. The van der Waals surface area contributed by atoms with Crippen LogP contribution in [0.15, 0.2) is 47.4 Å². The molecule has 0 saturated carbocycles. The largest absolute Gasteiger partial charge is 0.352 e. The van der Waals surface area contributed by atoms with Crippen molar-refractivity contribution >= 4 is 22.9 Å². The zero-order chi connectivity index (χ0) is 21.1. The van der Waals surface area contributed by atoms with E-state index in [1.54, 1.807) is 13.2 Å². The van der Waals surface area contributed by atoms with Crippen LogP contribution >= 0.6 is 0 Å². The highest BCUT2D eigenvalue weighted by molar-refractivity contribution is 5.79. The van der Waals surface area contributed by atoms with Crippen LogP contribution in [0, 0.1) is 5.92 Å². The Labute approximate surface area is 175 Å². The zero-order valence-electron chi connectivity index (χ0n) is 17.5. The van der Waals surface area contributed by atoms with Crippen molar-refractivity contribution in [3.05, 3.63) is 64.1 Å². The van der Waals surface area contributed by atoms with Crippen molar-refractivity contribution in [3.63, 3.8) is 0 Å². The number of pyridine rings is 1. The third-order valence-electron chi connectivity index (χ3n) is 5.80. The molecule has 1 fully saturated rings. The minimum Gasteiger partial charge on any atom is -0.352 e. The molecule has 0 radical (unpaired) electrons. The first-order valence-corrected chi connectivity index (χ1v) is 10.5. The summed E-state index contributed by atoms with van der Waals surface area (Å²) in [4.78, 5) is 36.4. The van der Waals surface area contributed by atoms with Crippen LogP contribution in [0.2, 0.25) is 0 Å². The van der Waals surface area contributed by atoms with Crippen LogP contribution < -0.4 is 15.8 Å². The van der Waals surface area contributed by atoms with Gasteiger partial charge in [-0.05, 0) is 42.5 Å². The van der Waals surface area contributed by atoms with E-state index in [1.807, 2.05) is 17.0 Å². The predicted octanol–water partition coefficient (Wildman–Crippen LogP) is 2.42. The molecule has 7 nitrogen and oxygen atoms in total. The lowest BCUT2D eigenvalue weighted by Crippen LogP contribution is -2.45. The summed E-state index contributed by atoms with van der Waals surface area (Å²) in [5.74, 6) is 0.258. The number of carbonyl (C=O) groups is 1. The summed E-state index contributed by atoms with van der Waals surface area (Å²) >= 11 is 0. The minimum atomic E-state index is -0.182. The molecule has 3 aromatic rings. The molecule has 0 aliphatic carbocycles. The van der Waals surface area contributed by atoms with Crippen molar-refractivity contribution in [2.24, 2.45) is 13.0 Å². The fourth-order valence-corrected chi connectivity index (χ4v) is 3.96. The zero-order valence-corrected chi connectivity index (χ0v) is 17.5. The molecular weight excluding hydrogens is 378 g/mol. The second kappa shape index (κ2) is 8.65. The first-order chi connectivity index (χ1) is 14.6. The number of nitrogens with one attached hydrogen (secondary N) is 1. The van der Waals surface area contributed by atoms with Gasteiger partial charge in [-0.1, -0.05) is 31.2 Å². The number of aryl methyl sites for hydroxylation is 2. The lowest BCUT2D eigenvalue weighted by Gasteiger charge is -2.32. The van der Waals surface area contributed by atoms with Crippen molar-refractivity contribution in [2.45, 2.75) is 32.7 Å². The maximum Gasteiger partial charge on any atom is 0.294 e. The predicted molar refractivity (Wildman–Crippen MR) is 117 cm³/mol. The SMILES string of the molecule is CCc1ccc(CNC(=O)[C@H]2CCCN(c3nc4cccnc4n(C)c3=O)C2)cc1. The van der Waals surface area contributed by atoms with Gasteiger partial charge in [-0.3, -0.25) is 14.2 Å². The molecule has 4 rings (SSSR count). The lowest BCUT2D eigenvalue weighted by molar-refractivity contribution is -0.125. The summed E-state index contributed by atoms with van der Waals surface area (Å²) in [6.07, 6.45) is 4.31. The number of hydrogen-bond donors (Lipinski definition) is 1. The van der Waals surface area contributed by atoms with Gasteiger partial charge in [-0.25, -0.2) is 9.97 Å². The quantitative estimate of drug-likeness (QED) is 0.705. The average Bonchev–Trinajstić information content (AvgIpc) is 2.80. The summed E-state index contributed by atoms with van der Waals surface area (Å²) in [5, 5.41) is 3.05. The molecule has 1 amide bonds. The monoisotopic (exact) mass is 405 g/mol. The molecule has 30 heavy (non-hydrogen) atoms. The van der Waals surface area contributed by atoms with E-state index in [9.17, 15) is 9.59 Å². The van der Waals surface area contributed by atoms with Gasteiger partial charge in [0.05, 0.1) is 5.92 Å². The summed E-state index contributed by atoms with van der Waals surface area (Å²) in [6.45, 7) is 3.85. The first-order valence-electron chi connectivity index (χ1n) is 10.5. The number of benzene rings is 1. The van der Waals surface area contributed by atoms with E-state index >= 15 is 0 Å². The highest BCUT2D eigenvalue weighted by Crippen LogP contribution is 2.21. The minimum absolute atomic E-state index is 0.0264. The van der Waals surface area contributed by atoms with Gasteiger partial charge >= 0.3 is 0 Å². The van der Waals surface area contributed by atoms with Gasteiger partial charge in [-0.15, -0.1) is 0 Å². The molecule has 1 aliphatic rings. The van der Waals surface area contributed by atoms with Gasteiger partial charge in [0.25, 0.3) is 5.56 Å². The second-order valence-electron chi connectivity index (χ2n) is 7.82. The molecule has 1 aromatic carbocycles. The molecular formula is C23H27N5O2. The average molecular weight is 406 g/mol. The molecule has 7 heteroatoms. The van der Waals surface area contributed by atoms with Crippen LogP contribution in [-0.4, -0.2) is 33.5 Å². The van der Waals surface area contributed by atoms with Crippen molar-refractivity contribution in [2.75, 3.05) is 18.0 Å². The molecule has 3 heterocycles. The van der Waals surface area contributed by atoms with Crippen LogP contribution in [0.25, 0.3) is 11.2 Å². The maximum absolute atomic E-state index is 12.8. The van der Waals surface area contributed by atoms with Crippen LogP contribution in [0.4, 0.5) is 5.82 Å². The number of rotatable bonds is 5. The second-order valence-corrected chi connectivity index (χ2v) is 7.82. The first kappa shape index (κ1) is 20.1. The van der Waals surface area contributed by atoms with Gasteiger partial charge < -0.3 is 10.2 Å². The van der Waals surface area contributed by atoms with Crippen molar-refractivity contribution in [1.82, 2.24) is 19.9 Å². The van der Waals surface area contributed by atoms with E-state index in [0.29, 0.717) is 30.1 Å². The number of hydrogen-bond acceptors (Lipinski definition) is 5. The van der Waals surface area contributed by atoms with E-state index in [0.717, 1.165) is 31.4 Å². The van der Waals surface area contributed by atoms with Crippen LogP contribution in [-0.2, 0) is 24.8 Å². The summed E-state index contributed by atoms with van der Waals surface area (Å²) in [7, 11) is 1.71. The third kappa shape index (κ3) is 4.06. The van der Waals surface area contributed by atoms with Crippen LogP contribution in [0.3, 0.4) is 0 Å². The Morgan fingerprint density at radius 3 is 2.73 bits per heavy atom. The van der Waals surface area contributed by atoms with Crippen molar-refractivity contribution in [1.29, 1.82) is 0 Å². The Morgan fingerprint density at radius 1 is 1.20 bits per heavy atom. The molecule has 1 N–H and O–H groups in total. The molecule has 156 valence electrons. The molecule has 1 aliphatic heterocycles. The number of carbonyl (C=O) groups excluding carboxylic acids is 1. The number of nitrogens with zero attached hydrogens (tertiary/aromatic N) is 4. The molecule has 1 atom stereocenters. The van der Waals surface area contributed by atoms with Gasteiger partial charge in [0, 0.05) is 32.9 Å². The smallest absolute Gasteiger partial charge is 0.294 e. The Kier molecular flexibility index (Phi) is 5.79. The Hall–Kier alpha value is -3.22. The number of aromatic nitrogens is 3. The summed E-state index contributed by atoms with van der Waals surface area (Å²) in [6, 6.07) is 12.0. The van der Waals surface area contributed by atoms with Crippen LogP contribution in [0.1, 0.15) is 30.9 Å². The number of amides is 1. The maximum atomic E-state index is 12.8. The Balaban J connectivity index is 1.46. The van der Waals surface area contributed by atoms with E-state index < -0.39 is 0 Å². The summed E-state index contributed by atoms with van der Waals surface area (Å²) in [5.41, 5.74) is 3.43. The molecule has 0 bridgehead atoms. The van der Waals surface area contributed by atoms with Gasteiger partial charge in [0.1, 0.15) is 5.52 Å². The van der Waals surface area contributed by atoms with E-state index in [1.165, 1.54) is 10.1 Å². The van der Waals surface area contributed by atoms with Gasteiger partial charge in [0.15, 0.2) is 11.5 Å². The van der Waals surface area contributed by atoms with Gasteiger partial charge in [-0.2, -0.15) is 0 Å². The highest BCUT2D eigenvalue weighted by Gasteiger charge is 2.28. The van der Waals surface area contributed by atoms with E-state index in [-0.39, 0.29) is 17.4 Å². The van der Waals surface area contributed by atoms with Crippen molar-refractivity contribution in [3.8, 4) is 0 Å². The summed E-state index contributed by atoms with van der Waals surface area (Å²) < 4.78 is 1.53. The standard InChI is InChI=1S/C23H27N5O2/c1-3-16-8-10-17(11-9-16)14-25-22(29)18-6-5-13-28(15-18)21-23(30)27(2)20-19(26-21)7-4-12-24-20/h4,7-12,18H,3,5-6,13-15H2,1-2H3,(H,25,29)/t18-/m0/s1. The van der Waals surface area contributed by atoms with Crippen LogP contribution in [0.5, 0.6) is 0 Å². The number of fused-ring (bicyclic) bond motifs is 1. The fourth-order valence-electron chi connectivity index (χ4n) is 3.96. The highest BCUT2D eigenvalue weighted by atomic mass is 16.2. The molecule has 0 spiro atoms.